The second-order valence-electron chi connectivity index (χ2n) is 2.58. The summed E-state index contributed by atoms with van der Waals surface area (Å²) in [6.45, 7) is 0. The molecule has 0 radical (unpaired) electrons. The van der Waals surface area contributed by atoms with Crippen LogP contribution in [0.15, 0.2) is 18.2 Å². The molecule has 0 fully saturated rings. The minimum absolute atomic E-state index is 0.0268. The summed E-state index contributed by atoms with van der Waals surface area (Å²) < 4.78 is 29.9. The second kappa shape index (κ2) is 4.60. The number of benzene rings is 1. The molecular weight excluding hydrogens is 272 g/mol. The smallest absolute Gasteiger partial charge is 0.428 e. The van der Waals surface area contributed by atoms with E-state index < -0.39 is 10.9 Å². The van der Waals surface area contributed by atoms with Gasteiger partial charge in [-0.05, 0) is 12.1 Å². The maximum absolute atomic E-state index is 12.9. The molecule has 0 aliphatic heterocycles. The number of phenols is 1. The molecule has 0 heterocycles. The fraction of sp³-hybridized carbons (Fsp3) is 0.250. The molecule has 2 nitrogen and oxygen atoms in total. The number of aromatic hydroxyl groups is 1. The van der Waals surface area contributed by atoms with E-state index in [0.29, 0.717) is 0 Å². The van der Waals surface area contributed by atoms with Crippen LogP contribution in [-0.2, 0) is 0 Å². The Bertz CT molecular complexity index is 358. The summed E-state index contributed by atoms with van der Waals surface area (Å²) in [4.78, 5) is -2.00. The van der Waals surface area contributed by atoms with E-state index >= 15 is 0 Å². The molecule has 1 aromatic rings. The van der Waals surface area contributed by atoms with Gasteiger partial charge in [-0.2, -0.15) is 8.78 Å². The Balaban J connectivity index is 2.86. The van der Waals surface area contributed by atoms with Gasteiger partial charge in [-0.1, -0.05) is 34.8 Å². The molecule has 15 heavy (non-hydrogen) atoms. The van der Waals surface area contributed by atoms with Crippen LogP contribution in [0.25, 0.3) is 0 Å². The lowest BCUT2D eigenvalue weighted by Crippen LogP contribution is -2.32. The molecule has 0 amide bonds. The zero-order chi connectivity index (χ0) is 11.6. The summed E-state index contributed by atoms with van der Waals surface area (Å²) in [5, 5.41) is 9.14. The fourth-order valence-electron chi connectivity index (χ4n) is 0.758. The van der Waals surface area contributed by atoms with Gasteiger partial charge in [-0.25, -0.2) is 0 Å². The number of halogens is 5. The quantitative estimate of drug-likeness (QED) is 0.851. The van der Waals surface area contributed by atoms with Gasteiger partial charge in [0, 0.05) is 6.07 Å². The first-order chi connectivity index (χ1) is 6.83. The van der Waals surface area contributed by atoms with E-state index in [1.807, 2.05) is 0 Å². The van der Waals surface area contributed by atoms with Crippen molar-refractivity contribution in [2.45, 2.75) is 10.9 Å². The van der Waals surface area contributed by atoms with Gasteiger partial charge in [0.15, 0.2) is 0 Å². The summed E-state index contributed by atoms with van der Waals surface area (Å²) >= 11 is 15.5. The van der Waals surface area contributed by atoms with Crippen LogP contribution in [0.3, 0.4) is 0 Å². The summed E-state index contributed by atoms with van der Waals surface area (Å²) in [6.07, 6.45) is -3.73. The normalized spacial score (nSPS) is 11.9. The van der Waals surface area contributed by atoms with E-state index in [2.05, 4.69) is 4.74 Å². The van der Waals surface area contributed by atoms with Crippen molar-refractivity contribution in [3.8, 4) is 11.5 Å². The van der Waals surface area contributed by atoms with E-state index in [0.717, 1.165) is 12.1 Å². The van der Waals surface area contributed by atoms with Crippen molar-refractivity contribution in [1.82, 2.24) is 0 Å². The zero-order valence-electron chi connectivity index (χ0n) is 7.05. The van der Waals surface area contributed by atoms with Crippen LogP contribution in [0.5, 0.6) is 11.5 Å². The van der Waals surface area contributed by atoms with Crippen molar-refractivity contribution in [3.05, 3.63) is 23.2 Å². The van der Waals surface area contributed by atoms with Crippen LogP contribution in [0.4, 0.5) is 8.78 Å². The molecule has 0 atom stereocenters. The third-order valence-corrected chi connectivity index (χ3v) is 2.25. The van der Waals surface area contributed by atoms with Crippen molar-refractivity contribution in [3.63, 3.8) is 0 Å². The van der Waals surface area contributed by atoms with E-state index in [9.17, 15) is 8.78 Å². The predicted molar refractivity (Wildman–Crippen MR) is 54.2 cm³/mol. The average Bonchev–Trinajstić information content (AvgIpc) is 2.10. The fourth-order valence-corrected chi connectivity index (χ4v) is 0.964. The number of hydrogen-bond donors (Lipinski definition) is 1. The molecule has 1 rings (SSSR count). The molecular formula is C8H5Cl3F2O2. The van der Waals surface area contributed by atoms with Crippen molar-refractivity contribution < 1.29 is 18.6 Å². The van der Waals surface area contributed by atoms with E-state index in [-0.39, 0.29) is 16.5 Å². The van der Waals surface area contributed by atoms with E-state index in [1.165, 1.54) is 6.07 Å². The Morgan fingerprint density at radius 2 is 1.93 bits per heavy atom. The number of ether oxygens (including phenoxy) is 1. The Labute approximate surface area is 99.3 Å². The van der Waals surface area contributed by atoms with E-state index in [1.54, 1.807) is 0 Å². The maximum Gasteiger partial charge on any atom is 0.428 e. The Kier molecular flexibility index (Phi) is 3.87. The molecule has 0 spiro atoms. The van der Waals surface area contributed by atoms with Crippen LogP contribution < -0.4 is 4.74 Å². The minimum atomic E-state index is -3.73. The van der Waals surface area contributed by atoms with Crippen molar-refractivity contribution in [1.29, 1.82) is 0 Å². The molecule has 84 valence electrons. The second-order valence-corrected chi connectivity index (χ2v) is 4.08. The third kappa shape index (κ3) is 3.26. The molecule has 1 aromatic carbocycles. The molecule has 0 aliphatic rings. The van der Waals surface area contributed by atoms with Crippen LogP contribution in [0.1, 0.15) is 0 Å². The van der Waals surface area contributed by atoms with Gasteiger partial charge in [-0.15, -0.1) is 0 Å². The van der Waals surface area contributed by atoms with Crippen LogP contribution in [-0.4, -0.2) is 16.1 Å². The zero-order valence-corrected chi connectivity index (χ0v) is 9.32. The Morgan fingerprint density at radius 1 is 1.33 bits per heavy atom. The predicted octanol–water partition coefficient (Wildman–Crippen LogP) is 3.82. The third-order valence-electron chi connectivity index (χ3n) is 1.43. The number of rotatable bonds is 3. The standard InChI is InChI=1S/C8H5Cl3F2O2/c9-5-2-1-4(3-6(5)14)15-8(12,13)7(10)11/h1-3,7,14H. The largest absolute Gasteiger partial charge is 0.506 e. The summed E-state index contributed by atoms with van der Waals surface area (Å²) in [7, 11) is 0. The molecule has 1 N–H and O–H groups in total. The van der Waals surface area contributed by atoms with Crippen molar-refractivity contribution >= 4 is 34.8 Å². The first-order valence-corrected chi connectivity index (χ1v) is 4.91. The topological polar surface area (TPSA) is 29.5 Å². The van der Waals surface area contributed by atoms with Gasteiger partial charge in [0.25, 0.3) is 0 Å². The Hall–Kier alpha value is -0.450. The first kappa shape index (κ1) is 12.6. The monoisotopic (exact) mass is 276 g/mol. The summed E-state index contributed by atoms with van der Waals surface area (Å²) in [6, 6.07) is 3.30. The first-order valence-electron chi connectivity index (χ1n) is 3.66. The van der Waals surface area contributed by atoms with Crippen molar-refractivity contribution in [2.75, 3.05) is 0 Å². The van der Waals surface area contributed by atoms with Gasteiger partial charge in [0.2, 0.25) is 4.84 Å². The van der Waals surface area contributed by atoms with Crippen LogP contribution in [0.2, 0.25) is 5.02 Å². The number of hydrogen-bond acceptors (Lipinski definition) is 2. The highest BCUT2D eigenvalue weighted by Crippen LogP contribution is 2.33. The van der Waals surface area contributed by atoms with Crippen LogP contribution >= 0.6 is 34.8 Å². The van der Waals surface area contributed by atoms with Gasteiger partial charge in [0.1, 0.15) is 11.5 Å². The highest BCUT2D eigenvalue weighted by atomic mass is 35.5. The average molecular weight is 277 g/mol. The Morgan fingerprint density at radius 3 is 2.40 bits per heavy atom. The molecule has 0 saturated carbocycles. The molecule has 0 aromatic heterocycles. The van der Waals surface area contributed by atoms with E-state index in [4.69, 9.17) is 39.9 Å². The minimum Gasteiger partial charge on any atom is -0.506 e. The summed E-state index contributed by atoms with van der Waals surface area (Å²) in [5.74, 6) is -0.654. The lowest BCUT2D eigenvalue weighted by Gasteiger charge is -2.18. The number of phenolic OH excluding ortho intramolecular Hbond substituents is 1. The lowest BCUT2D eigenvalue weighted by molar-refractivity contribution is -0.163. The maximum atomic E-state index is 12.9. The lowest BCUT2D eigenvalue weighted by atomic mass is 10.3. The molecule has 0 aliphatic carbocycles. The summed E-state index contributed by atoms with van der Waals surface area (Å²) in [5.41, 5.74) is 0. The van der Waals surface area contributed by atoms with Gasteiger partial charge >= 0.3 is 6.11 Å². The molecule has 0 unspecified atom stereocenters. The molecule has 7 heteroatoms. The van der Waals surface area contributed by atoms with Gasteiger partial charge < -0.3 is 9.84 Å². The van der Waals surface area contributed by atoms with Crippen LogP contribution in [0, 0.1) is 0 Å². The molecule has 0 saturated heterocycles. The van der Waals surface area contributed by atoms with Gasteiger partial charge in [0.05, 0.1) is 5.02 Å². The number of alkyl halides is 4. The van der Waals surface area contributed by atoms with Crippen molar-refractivity contribution in [2.24, 2.45) is 0 Å². The SMILES string of the molecule is Oc1cc(OC(F)(F)C(Cl)Cl)ccc1Cl. The highest BCUT2D eigenvalue weighted by molar-refractivity contribution is 6.44. The van der Waals surface area contributed by atoms with Gasteiger partial charge in [-0.3, -0.25) is 0 Å². The highest BCUT2D eigenvalue weighted by Gasteiger charge is 2.40. The molecule has 0 bridgehead atoms.